The highest BCUT2D eigenvalue weighted by molar-refractivity contribution is 7.12. The summed E-state index contributed by atoms with van der Waals surface area (Å²) in [6.45, 7) is 3.84. The van der Waals surface area contributed by atoms with Gasteiger partial charge in [0.2, 0.25) is 0 Å². The van der Waals surface area contributed by atoms with E-state index < -0.39 is 0 Å². The number of aromatic nitrogens is 2. The van der Waals surface area contributed by atoms with E-state index in [-0.39, 0.29) is 5.91 Å². The second kappa shape index (κ2) is 8.92. The molecule has 0 fully saturated rings. The van der Waals surface area contributed by atoms with Crippen molar-refractivity contribution in [1.82, 2.24) is 14.9 Å². The highest BCUT2D eigenvalue weighted by Gasteiger charge is 2.12. The minimum Gasteiger partial charge on any atom is -0.491 e. The predicted molar refractivity (Wildman–Crippen MR) is 117 cm³/mol. The predicted octanol–water partition coefficient (Wildman–Crippen LogP) is 4.46. The number of carbonyl (C=O) groups is 1. The largest absolute Gasteiger partial charge is 0.491 e. The minimum absolute atomic E-state index is 0.0365. The number of hydrogen-bond acceptors (Lipinski definition) is 4. The van der Waals surface area contributed by atoms with Crippen molar-refractivity contribution in [2.75, 3.05) is 13.2 Å². The second-order valence-electron chi connectivity index (χ2n) is 6.77. The van der Waals surface area contributed by atoms with Crippen molar-refractivity contribution in [3.8, 4) is 5.75 Å². The van der Waals surface area contributed by atoms with Crippen LogP contribution in [0.3, 0.4) is 0 Å². The van der Waals surface area contributed by atoms with Crippen molar-refractivity contribution >= 4 is 28.3 Å². The Morgan fingerprint density at radius 3 is 2.76 bits per heavy atom. The summed E-state index contributed by atoms with van der Waals surface area (Å²) in [5.41, 5.74) is 3.17. The Bertz CT molecular complexity index is 1100. The van der Waals surface area contributed by atoms with Crippen LogP contribution in [0.1, 0.15) is 21.1 Å². The first-order valence-electron chi connectivity index (χ1n) is 9.66. The first-order chi connectivity index (χ1) is 14.2. The maximum absolute atomic E-state index is 12.2. The van der Waals surface area contributed by atoms with E-state index in [4.69, 9.17) is 9.72 Å². The molecule has 2 aromatic heterocycles. The molecule has 0 bridgehead atoms. The summed E-state index contributed by atoms with van der Waals surface area (Å²) in [5.74, 6) is 1.82. The number of amides is 1. The lowest BCUT2D eigenvalue weighted by Gasteiger charge is -2.12. The lowest BCUT2D eigenvalue weighted by Crippen LogP contribution is -2.26. The maximum Gasteiger partial charge on any atom is 0.261 e. The normalized spacial score (nSPS) is 10.9. The fourth-order valence-electron chi connectivity index (χ4n) is 3.31. The average Bonchev–Trinajstić information content (AvgIpc) is 3.38. The smallest absolute Gasteiger partial charge is 0.261 e. The van der Waals surface area contributed by atoms with E-state index in [1.54, 1.807) is 0 Å². The van der Waals surface area contributed by atoms with Gasteiger partial charge in [-0.2, -0.15) is 0 Å². The third-order valence-corrected chi connectivity index (χ3v) is 5.65. The van der Waals surface area contributed by atoms with E-state index in [0.29, 0.717) is 26.1 Å². The van der Waals surface area contributed by atoms with Crippen LogP contribution in [0.25, 0.3) is 11.0 Å². The van der Waals surface area contributed by atoms with Gasteiger partial charge in [-0.05, 0) is 42.1 Å². The standard InChI is InChI=1S/C23H23N3O2S/c1-17-7-2-5-10-20(17)28-15-14-26-19-9-4-3-8-18(19)25-22(26)12-13-24-23(27)21-11-6-16-29-21/h2-11,16H,12-15H2,1H3,(H,24,27). The number of hydrogen-bond donors (Lipinski definition) is 1. The van der Waals surface area contributed by atoms with Crippen molar-refractivity contribution in [3.63, 3.8) is 0 Å². The topological polar surface area (TPSA) is 56.1 Å². The van der Waals surface area contributed by atoms with Gasteiger partial charge >= 0.3 is 0 Å². The number of rotatable bonds is 8. The summed E-state index contributed by atoms with van der Waals surface area (Å²) in [7, 11) is 0. The molecular weight excluding hydrogens is 382 g/mol. The fraction of sp³-hybridized carbons (Fsp3) is 0.217. The number of ether oxygens (including phenoxy) is 1. The summed E-state index contributed by atoms with van der Waals surface area (Å²) in [6, 6.07) is 19.8. The highest BCUT2D eigenvalue weighted by Crippen LogP contribution is 2.19. The zero-order valence-corrected chi connectivity index (χ0v) is 17.1. The molecule has 4 rings (SSSR count). The zero-order chi connectivity index (χ0) is 20.1. The van der Waals surface area contributed by atoms with Gasteiger partial charge in [0, 0.05) is 13.0 Å². The lowest BCUT2D eigenvalue weighted by atomic mass is 10.2. The van der Waals surface area contributed by atoms with Crippen molar-refractivity contribution < 1.29 is 9.53 Å². The Hall–Kier alpha value is -3.12. The molecule has 0 atom stereocenters. The molecule has 0 radical (unpaired) electrons. The molecule has 1 N–H and O–H groups in total. The number of nitrogens with one attached hydrogen (secondary N) is 1. The van der Waals surface area contributed by atoms with E-state index in [1.807, 2.05) is 66.9 Å². The summed E-state index contributed by atoms with van der Waals surface area (Å²) < 4.78 is 8.17. The zero-order valence-electron chi connectivity index (χ0n) is 16.3. The van der Waals surface area contributed by atoms with E-state index in [9.17, 15) is 4.79 Å². The molecule has 0 unspecified atom stereocenters. The summed E-state index contributed by atoms with van der Waals surface area (Å²) in [6.07, 6.45) is 0.663. The van der Waals surface area contributed by atoms with E-state index in [1.165, 1.54) is 11.3 Å². The van der Waals surface area contributed by atoms with Crippen LogP contribution in [0.5, 0.6) is 5.75 Å². The Balaban J connectivity index is 1.44. The Kier molecular flexibility index (Phi) is 5.91. The van der Waals surface area contributed by atoms with Gasteiger partial charge in [0.15, 0.2) is 0 Å². The number of para-hydroxylation sites is 3. The Labute approximate surface area is 174 Å². The third-order valence-electron chi connectivity index (χ3n) is 4.78. The van der Waals surface area contributed by atoms with Crippen LogP contribution < -0.4 is 10.1 Å². The van der Waals surface area contributed by atoms with Crippen LogP contribution in [0.15, 0.2) is 66.0 Å². The molecule has 2 heterocycles. The van der Waals surface area contributed by atoms with E-state index in [2.05, 4.69) is 16.0 Å². The number of aryl methyl sites for hydroxylation is 1. The number of benzene rings is 2. The Morgan fingerprint density at radius 1 is 1.10 bits per heavy atom. The number of imidazole rings is 1. The molecule has 0 aliphatic carbocycles. The molecule has 0 saturated carbocycles. The van der Waals surface area contributed by atoms with Gasteiger partial charge in [0.1, 0.15) is 18.2 Å². The summed E-state index contributed by atoms with van der Waals surface area (Å²) in [4.78, 5) is 17.7. The highest BCUT2D eigenvalue weighted by atomic mass is 32.1. The van der Waals surface area contributed by atoms with E-state index in [0.717, 1.165) is 33.0 Å². The van der Waals surface area contributed by atoms with Crippen LogP contribution in [-0.2, 0) is 13.0 Å². The monoisotopic (exact) mass is 405 g/mol. The minimum atomic E-state index is -0.0365. The SMILES string of the molecule is Cc1ccccc1OCCn1c(CCNC(=O)c2cccs2)nc2ccccc21. The lowest BCUT2D eigenvalue weighted by molar-refractivity contribution is 0.0958. The molecule has 1 amide bonds. The van der Waals surface area contributed by atoms with Crippen molar-refractivity contribution in [2.45, 2.75) is 19.9 Å². The summed E-state index contributed by atoms with van der Waals surface area (Å²) >= 11 is 1.44. The first kappa shape index (κ1) is 19.2. The molecule has 0 aliphatic rings. The van der Waals surface area contributed by atoms with Gasteiger partial charge in [0.25, 0.3) is 5.91 Å². The van der Waals surface area contributed by atoms with Gasteiger partial charge in [-0.3, -0.25) is 4.79 Å². The fourth-order valence-corrected chi connectivity index (χ4v) is 3.95. The quantitative estimate of drug-likeness (QED) is 0.471. The molecule has 0 aliphatic heterocycles. The average molecular weight is 406 g/mol. The molecule has 6 heteroatoms. The van der Waals surface area contributed by atoms with Gasteiger partial charge in [-0.1, -0.05) is 36.4 Å². The number of nitrogens with zero attached hydrogens (tertiary/aromatic N) is 2. The van der Waals surface area contributed by atoms with Crippen molar-refractivity contribution in [3.05, 3.63) is 82.3 Å². The van der Waals surface area contributed by atoms with Crippen LogP contribution >= 0.6 is 11.3 Å². The van der Waals surface area contributed by atoms with Gasteiger partial charge in [-0.15, -0.1) is 11.3 Å². The van der Waals surface area contributed by atoms with Crippen LogP contribution in [0.4, 0.5) is 0 Å². The molecule has 29 heavy (non-hydrogen) atoms. The maximum atomic E-state index is 12.2. The number of fused-ring (bicyclic) bond motifs is 1. The molecule has 5 nitrogen and oxygen atoms in total. The van der Waals surface area contributed by atoms with Gasteiger partial charge in [-0.25, -0.2) is 4.98 Å². The molecule has 4 aromatic rings. The third kappa shape index (κ3) is 4.49. The van der Waals surface area contributed by atoms with Crippen molar-refractivity contribution in [2.24, 2.45) is 0 Å². The van der Waals surface area contributed by atoms with Gasteiger partial charge < -0.3 is 14.6 Å². The second-order valence-corrected chi connectivity index (χ2v) is 7.71. The van der Waals surface area contributed by atoms with Crippen LogP contribution in [0.2, 0.25) is 0 Å². The molecule has 0 saturated heterocycles. The molecule has 0 spiro atoms. The number of thiophene rings is 1. The van der Waals surface area contributed by atoms with Crippen LogP contribution in [0, 0.1) is 6.92 Å². The molecular formula is C23H23N3O2S. The van der Waals surface area contributed by atoms with Crippen LogP contribution in [-0.4, -0.2) is 28.6 Å². The number of carbonyl (C=O) groups excluding carboxylic acids is 1. The molecule has 148 valence electrons. The van der Waals surface area contributed by atoms with Gasteiger partial charge in [0.05, 0.1) is 22.5 Å². The summed E-state index contributed by atoms with van der Waals surface area (Å²) in [5, 5.41) is 4.89. The first-order valence-corrected chi connectivity index (χ1v) is 10.5. The Morgan fingerprint density at radius 2 is 1.93 bits per heavy atom. The van der Waals surface area contributed by atoms with E-state index >= 15 is 0 Å². The molecule has 2 aromatic carbocycles. The van der Waals surface area contributed by atoms with Crippen molar-refractivity contribution in [1.29, 1.82) is 0 Å².